The van der Waals surface area contributed by atoms with E-state index in [0.29, 0.717) is 6.54 Å². The van der Waals surface area contributed by atoms with Crippen LogP contribution in [0.5, 0.6) is 0 Å². The summed E-state index contributed by atoms with van der Waals surface area (Å²) in [6, 6.07) is 6.57. The second-order valence-corrected chi connectivity index (χ2v) is 4.61. The summed E-state index contributed by atoms with van der Waals surface area (Å²) in [6.07, 6.45) is 3.65. The second-order valence-electron chi connectivity index (χ2n) is 4.61. The van der Waals surface area contributed by atoms with Crippen molar-refractivity contribution in [2.24, 2.45) is 5.73 Å². The fraction of sp³-hybridized carbons (Fsp3) is 0.357. The lowest BCUT2D eigenvalue weighted by Gasteiger charge is -2.03. The normalized spacial score (nSPS) is 14.0. The van der Waals surface area contributed by atoms with Crippen molar-refractivity contribution in [3.8, 4) is 11.3 Å². The first-order valence-electron chi connectivity index (χ1n) is 6.07. The monoisotopic (exact) mass is 228 g/mol. The van der Waals surface area contributed by atoms with Crippen molar-refractivity contribution in [1.82, 2.24) is 5.16 Å². The van der Waals surface area contributed by atoms with E-state index in [2.05, 4.69) is 23.4 Å². The number of benzene rings is 1. The Morgan fingerprint density at radius 3 is 2.94 bits per heavy atom. The molecule has 3 rings (SSSR count). The number of aromatic nitrogens is 1. The first-order chi connectivity index (χ1) is 8.29. The second kappa shape index (κ2) is 4.00. The molecule has 17 heavy (non-hydrogen) atoms. The molecule has 3 heteroatoms. The number of aryl methyl sites for hydroxylation is 3. The molecular weight excluding hydrogens is 212 g/mol. The third-order valence-corrected chi connectivity index (χ3v) is 3.56. The van der Waals surface area contributed by atoms with Gasteiger partial charge in [-0.3, -0.25) is 0 Å². The van der Waals surface area contributed by atoms with Gasteiger partial charge in [-0.15, -0.1) is 0 Å². The Bertz CT molecular complexity index is 557. The van der Waals surface area contributed by atoms with E-state index in [9.17, 15) is 0 Å². The van der Waals surface area contributed by atoms with Gasteiger partial charge in [-0.05, 0) is 43.4 Å². The van der Waals surface area contributed by atoms with Crippen LogP contribution in [0, 0.1) is 6.92 Å². The van der Waals surface area contributed by atoms with E-state index < -0.39 is 0 Å². The third-order valence-electron chi connectivity index (χ3n) is 3.56. The molecule has 0 saturated heterocycles. The van der Waals surface area contributed by atoms with Gasteiger partial charge in [0.2, 0.25) is 0 Å². The van der Waals surface area contributed by atoms with Crippen molar-refractivity contribution in [3.63, 3.8) is 0 Å². The van der Waals surface area contributed by atoms with Crippen LogP contribution in [-0.4, -0.2) is 5.16 Å². The zero-order valence-electron chi connectivity index (χ0n) is 9.99. The Hall–Kier alpha value is -1.61. The van der Waals surface area contributed by atoms with Crippen LogP contribution in [0.15, 0.2) is 22.7 Å². The molecule has 0 saturated carbocycles. The molecule has 0 radical (unpaired) electrons. The van der Waals surface area contributed by atoms with Crippen molar-refractivity contribution in [2.45, 2.75) is 32.7 Å². The largest absolute Gasteiger partial charge is 0.361 e. The van der Waals surface area contributed by atoms with Gasteiger partial charge < -0.3 is 10.3 Å². The summed E-state index contributed by atoms with van der Waals surface area (Å²) in [5.41, 5.74) is 11.7. The van der Waals surface area contributed by atoms with Crippen LogP contribution >= 0.6 is 0 Å². The zero-order valence-corrected chi connectivity index (χ0v) is 9.99. The number of rotatable bonds is 2. The maximum absolute atomic E-state index is 5.75. The SMILES string of the molecule is Cc1onc(-c2ccc3c(c2)CCC3)c1CN. The summed E-state index contributed by atoms with van der Waals surface area (Å²) >= 11 is 0. The molecule has 0 fully saturated rings. The van der Waals surface area contributed by atoms with Crippen LogP contribution in [0.4, 0.5) is 0 Å². The lowest BCUT2D eigenvalue weighted by Crippen LogP contribution is -1.99. The van der Waals surface area contributed by atoms with Crippen LogP contribution in [-0.2, 0) is 19.4 Å². The molecule has 1 aromatic heterocycles. The summed E-state index contributed by atoms with van der Waals surface area (Å²) in [5, 5.41) is 4.13. The van der Waals surface area contributed by atoms with E-state index in [4.69, 9.17) is 10.3 Å². The summed E-state index contributed by atoms with van der Waals surface area (Å²) in [6.45, 7) is 2.38. The average molecular weight is 228 g/mol. The first-order valence-corrected chi connectivity index (χ1v) is 6.07. The summed E-state index contributed by atoms with van der Waals surface area (Å²) in [5.74, 6) is 0.822. The first kappa shape index (κ1) is 10.5. The van der Waals surface area contributed by atoms with Crippen LogP contribution in [0.25, 0.3) is 11.3 Å². The Morgan fingerprint density at radius 2 is 2.12 bits per heavy atom. The highest BCUT2D eigenvalue weighted by atomic mass is 16.5. The van der Waals surface area contributed by atoms with Crippen LogP contribution in [0.1, 0.15) is 28.9 Å². The lowest BCUT2D eigenvalue weighted by molar-refractivity contribution is 0.398. The fourth-order valence-electron chi connectivity index (χ4n) is 2.58. The van der Waals surface area contributed by atoms with E-state index >= 15 is 0 Å². The number of nitrogens with two attached hydrogens (primary N) is 1. The number of hydrogen-bond acceptors (Lipinski definition) is 3. The number of nitrogens with zero attached hydrogens (tertiary/aromatic N) is 1. The van der Waals surface area contributed by atoms with Gasteiger partial charge in [-0.2, -0.15) is 0 Å². The molecule has 2 N–H and O–H groups in total. The van der Waals surface area contributed by atoms with Crippen LogP contribution in [0.3, 0.4) is 0 Å². The Labute approximate surface area is 101 Å². The Morgan fingerprint density at radius 1 is 1.29 bits per heavy atom. The smallest absolute Gasteiger partial charge is 0.138 e. The molecule has 1 aromatic carbocycles. The molecule has 0 amide bonds. The predicted molar refractivity (Wildman–Crippen MR) is 66.6 cm³/mol. The van der Waals surface area contributed by atoms with E-state index in [1.807, 2.05) is 6.92 Å². The van der Waals surface area contributed by atoms with E-state index in [-0.39, 0.29) is 0 Å². The minimum absolute atomic E-state index is 0.474. The van der Waals surface area contributed by atoms with Crippen molar-refractivity contribution < 1.29 is 4.52 Å². The minimum Gasteiger partial charge on any atom is -0.361 e. The van der Waals surface area contributed by atoms with Crippen molar-refractivity contribution in [3.05, 3.63) is 40.6 Å². The van der Waals surface area contributed by atoms with Crippen LogP contribution < -0.4 is 5.73 Å². The van der Waals surface area contributed by atoms with Gasteiger partial charge >= 0.3 is 0 Å². The maximum atomic E-state index is 5.75. The molecule has 3 nitrogen and oxygen atoms in total. The number of hydrogen-bond donors (Lipinski definition) is 1. The van der Waals surface area contributed by atoms with Gasteiger partial charge in [0.1, 0.15) is 11.5 Å². The highest BCUT2D eigenvalue weighted by Gasteiger charge is 2.16. The summed E-state index contributed by atoms with van der Waals surface area (Å²) in [7, 11) is 0. The van der Waals surface area contributed by atoms with E-state index in [1.165, 1.54) is 30.4 Å². The van der Waals surface area contributed by atoms with Gasteiger partial charge in [-0.25, -0.2) is 0 Å². The summed E-state index contributed by atoms with van der Waals surface area (Å²) < 4.78 is 5.23. The predicted octanol–water partition coefficient (Wildman–Crippen LogP) is 2.60. The van der Waals surface area contributed by atoms with Crippen molar-refractivity contribution in [2.75, 3.05) is 0 Å². The quantitative estimate of drug-likeness (QED) is 0.859. The molecule has 0 spiro atoms. The molecule has 0 aliphatic heterocycles. The highest BCUT2D eigenvalue weighted by Crippen LogP contribution is 2.30. The molecule has 1 aliphatic carbocycles. The van der Waals surface area contributed by atoms with Gasteiger partial charge in [0.25, 0.3) is 0 Å². The molecule has 0 atom stereocenters. The zero-order chi connectivity index (χ0) is 11.8. The molecule has 88 valence electrons. The Balaban J connectivity index is 2.09. The van der Waals surface area contributed by atoms with Crippen molar-refractivity contribution in [1.29, 1.82) is 0 Å². The van der Waals surface area contributed by atoms with E-state index in [0.717, 1.165) is 22.6 Å². The maximum Gasteiger partial charge on any atom is 0.138 e. The third kappa shape index (κ3) is 1.67. The highest BCUT2D eigenvalue weighted by molar-refractivity contribution is 5.65. The fourth-order valence-corrected chi connectivity index (χ4v) is 2.58. The van der Waals surface area contributed by atoms with Gasteiger partial charge in [0.05, 0.1) is 0 Å². The van der Waals surface area contributed by atoms with Crippen molar-refractivity contribution >= 4 is 0 Å². The lowest BCUT2D eigenvalue weighted by atomic mass is 10.0. The molecular formula is C14H16N2O. The van der Waals surface area contributed by atoms with E-state index in [1.54, 1.807) is 0 Å². The van der Waals surface area contributed by atoms with Gasteiger partial charge in [-0.1, -0.05) is 17.3 Å². The standard InChI is InChI=1S/C14H16N2O/c1-9-13(8-15)14(16-17-9)12-6-5-10-3-2-4-11(10)7-12/h5-7H,2-4,8,15H2,1H3. The molecule has 1 heterocycles. The molecule has 0 bridgehead atoms. The molecule has 1 aliphatic rings. The molecule has 2 aromatic rings. The number of fused-ring (bicyclic) bond motifs is 1. The average Bonchev–Trinajstić information content (AvgIpc) is 2.93. The Kier molecular flexibility index (Phi) is 2.48. The van der Waals surface area contributed by atoms with Gasteiger partial charge in [0.15, 0.2) is 0 Å². The minimum atomic E-state index is 0.474. The summed E-state index contributed by atoms with van der Waals surface area (Å²) in [4.78, 5) is 0. The van der Waals surface area contributed by atoms with Gasteiger partial charge in [0, 0.05) is 17.7 Å². The molecule has 0 unspecified atom stereocenters. The topological polar surface area (TPSA) is 52.0 Å². The van der Waals surface area contributed by atoms with Crippen LogP contribution in [0.2, 0.25) is 0 Å².